The van der Waals surface area contributed by atoms with Crippen LogP contribution in [0.5, 0.6) is 5.75 Å². The molecule has 2 heteroatoms. The number of ether oxygens (including phenoxy) is 1. The first-order valence-corrected chi connectivity index (χ1v) is 6.62. The van der Waals surface area contributed by atoms with Crippen LogP contribution in [0.2, 0.25) is 0 Å². The first-order chi connectivity index (χ1) is 8.19. The molecule has 0 aliphatic rings. The number of hydrogen-bond donors (Lipinski definition) is 1. The number of aryl methyl sites for hydroxylation is 1. The molecule has 0 amide bonds. The van der Waals surface area contributed by atoms with Gasteiger partial charge >= 0.3 is 0 Å². The predicted octanol–water partition coefficient (Wildman–Crippen LogP) is 3.63. The van der Waals surface area contributed by atoms with Crippen LogP contribution in [0.4, 0.5) is 0 Å². The molecule has 1 aromatic rings. The molecule has 0 saturated heterocycles. The lowest BCUT2D eigenvalue weighted by atomic mass is 9.92. The third-order valence-electron chi connectivity index (χ3n) is 3.09. The van der Waals surface area contributed by atoms with Crippen LogP contribution in [0.15, 0.2) is 18.2 Å². The van der Waals surface area contributed by atoms with E-state index in [1.807, 2.05) is 0 Å². The van der Waals surface area contributed by atoms with Crippen molar-refractivity contribution in [1.82, 2.24) is 0 Å². The van der Waals surface area contributed by atoms with Gasteiger partial charge in [-0.3, -0.25) is 0 Å². The van der Waals surface area contributed by atoms with Crippen molar-refractivity contribution < 1.29 is 4.74 Å². The summed E-state index contributed by atoms with van der Waals surface area (Å²) in [6.07, 6.45) is 3.30. The SMILES string of the molecule is CCCOc1ccc(C(C)CCCN)c(C)c1. The molecular formula is C15H25NO. The minimum atomic E-state index is 0.582. The van der Waals surface area contributed by atoms with E-state index in [0.717, 1.165) is 38.2 Å². The second-order valence-electron chi connectivity index (χ2n) is 4.70. The van der Waals surface area contributed by atoms with Crippen molar-refractivity contribution in [3.63, 3.8) is 0 Å². The Kier molecular flexibility index (Phi) is 6.06. The van der Waals surface area contributed by atoms with Crippen molar-refractivity contribution in [1.29, 1.82) is 0 Å². The van der Waals surface area contributed by atoms with Gasteiger partial charge in [-0.1, -0.05) is 19.9 Å². The third-order valence-corrected chi connectivity index (χ3v) is 3.09. The summed E-state index contributed by atoms with van der Waals surface area (Å²) in [6, 6.07) is 6.42. The molecule has 0 spiro atoms. The Bertz CT molecular complexity index is 336. The summed E-state index contributed by atoms with van der Waals surface area (Å²) < 4.78 is 5.63. The van der Waals surface area contributed by atoms with Crippen molar-refractivity contribution in [2.75, 3.05) is 13.2 Å². The highest BCUT2D eigenvalue weighted by molar-refractivity contribution is 5.36. The van der Waals surface area contributed by atoms with Crippen LogP contribution >= 0.6 is 0 Å². The summed E-state index contributed by atoms with van der Waals surface area (Å²) >= 11 is 0. The minimum absolute atomic E-state index is 0.582. The van der Waals surface area contributed by atoms with Crippen molar-refractivity contribution in [3.05, 3.63) is 29.3 Å². The standard InChI is InChI=1S/C15H25NO/c1-4-10-17-14-7-8-15(13(3)11-14)12(2)6-5-9-16/h7-8,11-12H,4-6,9-10,16H2,1-3H3. The van der Waals surface area contributed by atoms with Crippen molar-refractivity contribution in [3.8, 4) is 5.75 Å². The Morgan fingerprint density at radius 2 is 2.12 bits per heavy atom. The van der Waals surface area contributed by atoms with Crippen LogP contribution in [0.1, 0.15) is 50.2 Å². The van der Waals surface area contributed by atoms with E-state index in [4.69, 9.17) is 10.5 Å². The Labute approximate surface area is 105 Å². The van der Waals surface area contributed by atoms with E-state index in [0.29, 0.717) is 5.92 Å². The minimum Gasteiger partial charge on any atom is -0.494 e. The fourth-order valence-corrected chi connectivity index (χ4v) is 2.09. The number of benzene rings is 1. The van der Waals surface area contributed by atoms with E-state index in [2.05, 4.69) is 39.0 Å². The fraction of sp³-hybridized carbons (Fsp3) is 0.600. The molecule has 1 aromatic carbocycles. The maximum absolute atomic E-state index is 5.63. The molecule has 0 aliphatic heterocycles. The molecule has 0 heterocycles. The zero-order chi connectivity index (χ0) is 12.7. The van der Waals surface area contributed by atoms with Crippen LogP contribution in [-0.2, 0) is 0 Å². The third kappa shape index (κ3) is 4.39. The van der Waals surface area contributed by atoms with Crippen molar-refractivity contribution >= 4 is 0 Å². The predicted molar refractivity (Wildman–Crippen MR) is 73.7 cm³/mol. The van der Waals surface area contributed by atoms with E-state index < -0.39 is 0 Å². The molecule has 1 rings (SSSR count). The topological polar surface area (TPSA) is 35.2 Å². The Hall–Kier alpha value is -1.02. The molecule has 0 aromatic heterocycles. The Morgan fingerprint density at radius 3 is 2.71 bits per heavy atom. The summed E-state index contributed by atoms with van der Waals surface area (Å²) in [5.41, 5.74) is 8.29. The number of hydrogen-bond acceptors (Lipinski definition) is 2. The van der Waals surface area contributed by atoms with E-state index in [1.54, 1.807) is 0 Å². The first-order valence-electron chi connectivity index (χ1n) is 6.62. The summed E-state index contributed by atoms with van der Waals surface area (Å²) in [7, 11) is 0. The molecule has 2 nitrogen and oxygen atoms in total. The molecule has 0 saturated carbocycles. The van der Waals surface area contributed by atoms with E-state index >= 15 is 0 Å². The summed E-state index contributed by atoms with van der Waals surface area (Å²) in [4.78, 5) is 0. The average molecular weight is 235 g/mol. The molecule has 1 unspecified atom stereocenters. The molecule has 17 heavy (non-hydrogen) atoms. The fourth-order valence-electron chi connectivity index (χ4n) is 2.09. The van der Waals surface area contributed by atoms with Crippen molar-refractivity contribution in [2.45, 2.75) is 46.0 Å². The van der Waals surface area contributed by atoms with Crippen LogP contribution in [0.25, 0.3) is 0 Å². The van der Waals surface area contributed by atoms with Gasteiger partial charge in [0, 0.05) is 0 Å². The molecule has 0 aliphatic carbocycles. The van der Waals surface area contributed by atoms with Gasteiger partial charge in [-0.25, -0.2) is 0 Å². The summed E-state index contributed by atoms with van der Waals surface area (Å²) in [5, 5.41) is 0. The van der Waals surface area contributed by atoms with Gasteiger partial charge in [0.2, 0.25) is 0 Å². The quantitative estimate of drug-likeness (QED) is 0.783. The lowest BCUT2D eigenvalue weighted by molar-refractivity contribution is 0.317. The van der Waals surface area contributed by atoms with Crippen LogP contribution in [0, 0.1) is 6.92 Å². The maximum Gasteiger partial charge on any atom is 0.119 e. The molecule has 0 bridgehead atoms. The highest BCUT2D eigenvalue weighted by Crippen LogP contribution is 2.26. The monoisotopic (exact) mass is 235 g/mol. The van der Waals surface area contributed by atoms with Gasteiger partial charge in [0.05, 0.1) is 6.61 Å². The molecule has 0 radical (unpaired) electrons. The smallest absolute Gasteiger partial charge is 0.119 e. The van der Waals surface area contributed by atoms with Gasteiger partial charge in [-0.15, -0.1) is 0 Å². The van der Waals surface area contributed by atoms with Gasteiger partial charge in [0.15, 0.2) is 0 Å². The second kappa shape index (κ2) is 7.33. The molecule has 96 valence electrons. The molecular weight excluding hydrogens is 210 g/mol. The van der Waals surface area contributed by atoms with E-state index in [9.17, 15) is 0 Å². The maximum atomic E-state index is 5.63. The highest BCUT2D eigenvalue weighted by Gasteiger charge is 2.08. The number of nitrogens with two attached hydrogens (primary N) is 1. The van der Waals surface area contributed by atoms with Gasteiger partial charge < -0.3 is 10.5 Å². The largest absolute Gasteiger partial charge is 0.494 e. The second-order valence-corrected chi connectivity index (χ2v) is 4.70. The zero-order valence-electron chi connectivity index (χ0n) is 11.3. The lowest BCUT2D eigenvalue weighted by Crippen LogP contribution is -2.03. The van der Waals surface area contributed by atoms with E-state index in [1.165, 1.54) is 11.1 Å². The van der Waals surface area contributed by atoms with Gasteiger partial charge in [-0.05, 0) is 61.9 Å². The van der Waals surface area contributed by atoms with Crippen molar-refractivity contribution in [2.24, 2.45) is 5.73 Å². The molecule has 0 fully saturated rings. The highest BCUT2D eigenvalue weighted by atomic mass is 16.5. The van der Waals surface area contributed by atoms with Gasteiger partial charge in [0.1, 0.15) is 5.75 Å². The normalized spacial score (nSPS) is 12.5. The summed E-state index contributed by atoms with van der Waals surface area (Å²) in [6.45, 7) is 8.12. The Balaban J connectivity index is 2.68. The first kappa shape index (κ1) is 14.0. The Morgan fingerprint density at radius 1 is 1.35 bits per heavy atom. The molecule has 2 N–H and O–H groups in total. The summed E-state index contributed by atoms with van der Waals surface area (Å²) in [5.74, 6) is 1.57. The zero-order valence-corrected chi connectivity index (χ0v) is 11.3. The van der Waals surface area contributed by atoms with Gasteiger partial charge in [0.25, 0.3) is 0 Å². The van der Waals surface area contributed by atoms with Crippen LogP contribution < -0.4 is 10.5 Å². The van der Waals surface area contributed by atoms with Crippen LogP contribution in [-0.4, -0.2) is 13.2 Å². The van der Waals surface area contributed by atoms with Gasteiger partial charge in [-0.2, -0.15) is 0 Å². The van der Waals surface area contributed by atoms with E-state index in [-0.39, 0.29) is 0 Å². The number of rotatable bonds is 7. The molecule has 1 atom stereocenters. The lowest BCUT2D eigenvalue weighted by Gasteiger charge is -2.15. The van der Waals surface area contributed by atoms with Crippen LogP contribution in [0.3, 0.4) is 0 Å². The average Bonchev–Trinajstić information content (AvgIpc) is 2.33.